The van der Waals surface area contributed by atoms with E-state index in [-0.39, 0.29) is 27.7 Å². The van der Waals surface area contributed by atoms with Crippen LogP contribution in [0.2, 0.25) is 5.15 Å². The minimum atomic E-state index is -4.09. The minimum absolute atomic E-state index is 0.0405. The molecule has 4 aromatic carbocycles. The van der Waals surface area contributed by atoms with E-state index in [1.54, 1.807) is 55.6 Å². The molecular weight excluding hydrogens is 648 g/mol. The summed E-state index contributed by atoms with van der Waals surface area (Å²) in [5.74, 6) is -0.738. The average molecular weight is 685 g/mol. The molecule has 10 heteroatoms. The summed E-state index contributed by atoms with van der Waals surface area (Å²) in [4.78, 5) is 18.9. The van der Waals surface area contributed by atoms with Gasteiger partial charge in [-0.3, -0.25) is 4.90 Å². The number of aliphatic hydroxyl groups is 1. The van der Waals surface area contributed by atoms with Gasteiger partial charge in [-0.1, -0.05) is 90.5 Å². The number of aryl methyl sites for hydroxylation is 1. The summed E-state index contributed by atoms with van der Waals surface area (Å²) in [6.45, 7) is 3.38. The Morgan fingerprint density at radius 2 is 1.56 bits per heavy atom. The zero-order chi connectivity index (χ0) is 34.1. The van der Waals surface area contributed by atoms with Crippen molar-refractivity contribution < 1.29 is 27.8 Å². The van der Waals surface area contributed by atoms with Gasteiger partial charge in [-0.25, -0.2) is 18.2 Å². The van der Waals surface area contributed by atoms with Crippen molar-refractivity contribution in [3.05, 3.63) is 154 Å². The lowest BCUT2D eigenvalue weighted by Gasteiger charge is -2.25. The van der Waals surface area contributed by atoms with Crippen molar-refractivity contribution in [2.45, 2.75) is 42.4 Å². The number of hydrogen-bond donors (Lipinski definition) is 1. The van der Waals surface area contributed by atoms with Gasteiger partial charge in [0.1, 0.15) is 22.2 Å². The second-order valence-corrected chi connectivity index (χ2v) is 13.8. The summed E-state index contributed by atoms with van der Waals surface area (Å²) in [5.41, 5.74) is 4.14. The number of ether oxygens (including phenoxy) is 2. The molecule has 1 aromatic heterocycles. The topological polar surface area (TPSA) is 106 Å². The highest BCUT2D eigenvalue weighted by atomic mass is 35.5. The van der Waals surface area contributed by atoms with E-state index in [1.165, 1.54) is 13.2 Å². The SMILES string of the molecule is COC(=O)c1cc(C)cc(S(=O)(=O)c2ccc(CCN(Cc3ccccc3)C[C@H](O)c3ccc(Cl)nc3)cc2)c1OCc1ccccc1. The molecule has 8 nitrogen and oxygen atoms in total. The van der Waals surface area contributed by atoms with Crippen LogP contribution in [-0.2, 0) is 34.1 Å². The molecule has 0 aliphatic rings. The van der Waals surface area contributed by atoms with Gasteiger partial charge < -0.3 is 14.6 Å². The highest BCUT2D eigenvalue weighted by molar-refractivity contribution is 7.91. The van der Waals surface area contributed by atoms with Gasteiger partial charge in [0.05, 0.1) is 18.1 Å². The smallest absolute Gasteiger partial charge is 0.341 e. The molecule has 248 valence electrons. The second-order valence-electron chi connectivity index (χ2n) is 11.5. The van der Waals surface area contributed by atoms with Crippen LogP contribution in [0.1, 0.15) is 44.3 Å². The summed E-state index contributed by atoms with van der Waals surface area (Å²) < 4.78 is 39.1. The molecular formula is C38H37ClN2O6S. The first-order valence-corrected chi connectivity index (χ1v) is 17.3. The quantitative estimate of drug-likeness (QED) is 0.0983. The molecule has 0 fully saturated rings. The van der Waals surface area contributed by atoms with E-state index >= 15 is 0 Å². The summed E-state index contributed by atoms with van der Waals surface area (Å²) in [6.07, 6.45) is 1.42. The molecule has 1 N–H and O–H groups in total. The second kappa shape index (κ2) is 16.0. The lowest BCUT2D eigenvalue weighted by atomic mass is 10.1. The molecule has 0 aliphatic carbocycles. The van der Waals surface area contributed by atoms with Gasteiger partial charge in [-0.2, -0.15) is 0 Å². The number of carbonyl (C=O) groups excluding carboxylic acids is 1. The Labute approximate surface area is 286 Å². The van der Waals surface area contributed by atoms with E-state index in [1.807, 2.05) is 60.7 Å². The average Bonchev–Trinajstić information content (AvgIpc) is 3.10. The predicted molar refractivity (Wildman–Crippen MR) is 185 cm³/mol. The first-order valence-electron chi connectivity index (χ1n) is 15.4. The van der Waals surface area contributed by atoms with E-state index in [9.17, 15) is 18.3 Å². The Hall–Kier alpha value is -4.54. The molecule has 0 saturated heterocycles. The first kappa shape index (κ1) is 34.8. The largest absolute Gasteiger partial charge is 0.487 e. The summed E-state index contributed by atoms with van der Waals surface area (Å²) in [7, 11) is -2.85. The fourth-order valence-corrected chi connectivity index (χ4v) is 6.95. The van der Waals surface area contributed by atoms with Gasteiger partial charge in [0.25, 0.3) is 0 Å². The van der Waals surface area contributed by atoms with Crippen molar-refractivity contribution in [1.82, 2.24) is 9.88 Å². The number of benzene rings is 4. The van der Waals surface area contributed by atoms with Crippen molar-refractivity contribution in [3.8, 4) is 5.75 Å². The highest BCUT2D eigenvalue weighted by Gasteiger charge is 2.28. The van der Waals surface area contributed by atoms with Crippen molar-refractivity contribution in [2.75, 3.05) is 20.2 Å². The van der Waals surface area contributed by atoms with Crippen LogP contribution in [0.25, 0.3) is 0 Å². The highest BCUT2D eigenvalue weighted by Crippen LogP contribution is 2.35. The molecule has 1 heterocycles. The monoisotopic (exact) mass is 684 g/mol. The molecule has 5 aromatic rings. The van der Waals surface area contributed by atoms with E-state index < -0.39 is 21.9 Å². The standard InChI is InChI=1S/C38H37ClN2O6S/c1-27-21-33(38(43)46-2)37(47-26-30-11-7-4-8-12-30)35(22-27)48(44,45)32-16-13-28(14-17-32)19-20-41(24-29-9-5-3-6-10-29)25-34(42)31-15-18-36(39)40-23-31/h3-18,21-23,34,42H,19-20,24-26H2,1-2H3/t34-/m0/s1. The molecule has 48 heavy (non-hydrogen) atoms. The number of aromatic nitrogens is 1. The van der Waals surface area contributed by atoms with Gasteiger partial charge in [0.15, 0.2) is 5.75 Å². The third-order valence-corrected chi connectivity index (χ3v) is 9.88. The molecule has 0 bridgehead atoms. The van der Waals surface area contributed by atoms with Crippen LogP contribution in [-0.4, -0.2) is 49.6 Å². The number of pyridine rings is 1. The summed E-state index contributed by atoms with van der Waals surface area (Å²) in [6, 6.07) is 32.5. The predicted octanol–water partition coefficient (Wildman–Crippen LogP) is 7.02. The first-order chi connectivity index (χ1) is 23.1. The number of methoxy groups -OCH3 is 1. The van der Waals surface area contributed by atoms with Crippen LogP contribution >= 0.6 is 11.6 Å². The van der Waals surface area contributed by atoms with Crippen molar-refractivity contribution >= 4 is 27.4 Å². The Bertz CT molecular complexity index is 1920. The summed E-state index contributed by atoms with van der Waals surface area (Å²) >= 11 is 5.93. The van der Waals surface area contributed by atoms with Gasteiger partial charge in [-0.15, -0.1) is 0 Å². The number of aliphatic hydroxyl groups excluding tert-OH is 1. The van der Waals surface area contributed by atoms with E-state index in [0.717, 1.165) is 16.7 Å². The van der Waals surface area contributed by atoms with E-state index in [4.69, 9.17) is 21.1 Å². The van der Waals surface area contributed by atoms with E-state index in [2.05, 4.69) is 9.88 Å². The van der Waals surface area contributed by atoms with Gasteiger partial charge in [0, 0.05) is 31.4 Å². The van der Waals surface area contributed by atoms with Gasteiger partial charge in [-0.05, 0) is 65.9 Å². The van der Waals surface area contributed by atoms with Crippen LogP contribution in [0.3, 0.4) is 0 Å². The van der Waals surface area contributed by atoms with Crippen molar-refractivity contribution in [1.29, 1.82) is 0 Å². The van der Waals surface area contributed by atoms with Gasteiger partial charge >= 0.3 is 5.97 Å². The number of halogens is 1. The Kier molecular flexibility index (Phi) is 11.6. The number of rotatable bonds is 14. The fraction of sp³-hybridized carbons (Fsp3) is 0.211. The third kappa shape index (κ3) is 8.87. The fourth-order valence-electron chi connectivity index (χ4n) is 5.34. The van der Waals surface area contributed by atoms with E-state index in [0.29, 0.717) is 42.3 Å². The van der Waals surface area contributed by atoms with Crippen LogP contribution in [0.4, 0.5) is 0 Å². The maximum Gasteiger partial charge on any atom is 0.341 e. The zero-order valence-electron chi connectivity index (χ0n) is 26.8. The van der Waals surface area contributed by atoms with Gasteiger partial charge in [0.2, 0.25) is 9.84 Å². The third-order valence-electron chi connectivity index (χ3n) is 7.89. The van der Waals surface area contributed by atoms with Crippen molar-refractivity contribution in [3.63, 3.8) is 0 Å². The number of sulfone groups is 1. The molecule has 5 rings (SSSR count). The normalized spacial score (nSPS) is 12.1. The maximum absolute atomic E-state index is 14.1. The molecule has 0 saturated carbocycles. The lowest BCUT2D eigenvalue weighted by Crippen LogP contribution is -2.30. The minimum Gasteiger partial charge on any atom is -0.487 e. The van der Waals surface area contributed by atoms with Crippen molar-refractivity contribution in [2.24, 2.45) is 0 Å². The molecule has 0 aliphatic heterocycles. The summed E-state index contributed by atoms with van der Waals surface area (Å²) in [5, 5.41) is 11.3. The molecule has 1 atom stereocenters. The maximum atomic E-state index is 14.1. The molecule has 0 radical (unpaired) electrons. The Morgan fingerprint density at radius 1 is 0.896 bits per heavy atom. The van der Waals surface area contributed by atoms with Crippen LogP contribution in [0, 0.1) is 6.92 Å². The molecule has 0 spiro atoms. The number of nitrogens with zero attached hydrogens (tertiary/aromatic N) is 2. The number of carbonyl (C=O) groups is 1. The Balaban J connectivity index is 1.36. The van der Waals surface area contributed by atoms with Crippen LogP contribution in [0.15, 0.2) is 125 Å². The number of esters is 1. The molecule has 0 amide bonds. The van der Waals surface area contributed by atoms with Crippen LogP contribution < -0.4 is 4.74 Å². The Morgan fingerprint density at radius 3 is 2.19 bits per heavy atom. The molecule has 0 unspecified atom stereocenters. The zero-order valence-corrected chi connectivity index (χ0v) is 28.3. The van der Waals surface area contributed by atoms with Crippen LogP contribution in [0.5, 0.6) is 5.75 Å². The number of hydrogen-bond acceptors (Lipinski definition) is 8. The lowest BCUT2D eigenvalue weighted by molar-refractivity contribution is 0.0594.